The van der Waals surface area contributed by atoms with E-state index >= 15 is 0 Å². The lowest BCUT2D eigenvalue weighted by Gasteiger charge is -2.23. The summed E-state index contributed by atoms with van der Waals surface area (Å²) in [6, 6.07) is 8.17. The van der Waals surface area contributed by atoms with E-state index in [1.165, 1.54) is 5.56 Å². The van der Waals surface area contributed by atoms with E-state index in [0.29, 0.717) is 6.42 Å². The number of benzene rings is 1. The van der Waals surface area contributed by atoms with Gasteiger partial charge in [0.2, 0.25) is 5.91 Å². The number of hydrogen-bond acceptors (Lipinski definition) is 1. The van der Waals surface area contributed by atoms with Crippen molar-refractivity contribution >= 4 is 11.6 Å². The van der Waals surface area contributed by atoms with Gasteiger partial charge in [-0.05, 0) is 30.9 Å². The topological polar surface area (TPSA) is 20.3 Å². The van der Waals surface area contributed by atoms with E-state index in [9.17, 15) is 4.79 Å². The minimum atomic E-state index is 0.233. The number of anilines is 1. The van der Waals surface area contributed by atoms with E-state index in [2.05, 4.69) is 6.07 Å². The first kappa shape index (κ1) is 9.25. The van der Waals surface area contributed by atoms with Crippen LogP contribution in [0, 0.1) is 0 Å². The number of carbonyl (C=O) groups is 1. The van der Waals surface area contributed by atoms with Crippen molar-refractivity contribution < 1.29 is 4.79 Å². The molecule has 2 nitrogen and oxygen atoms in total. The fourth-order valence-electron chi connectivity index (χ4n) is 1.94. The molecule has 0 N–H and O–H groups in total. The Morgan fingerprint density at radius 1 is 1.14 bits per heavy atom. The predicted molar refractivity (Wildman–Crippen MR) is 57.4 cm³/mol. The zero-order chi connectivity index (χ0) is 9.97. The summed E-state index contributed by atoms with van der Waals surface area (Å²) in [6.45, 7) is 0. The van der Waals surface area contributed by atoms with Crippen molar-refractivity contribution in [1.29, 1.82) is 0 Å². The van der Waals surface area contributed by atoms with E-state index in [0.717, 1.165) is 24.9 Å². The number of aryl methyl sites for hydroxylation is 1. The molecule has 1 aromatic carbocycles. The largest absolute Gasteiger partial charge is 0.315 e. The Labute approximate surface area is 84.5 Å². The van der Waals surface area contributed by atoms with E-state index in [1.54, 1.807) is 4.90 Å². The van der Waals surface area contributed by atoms with Gasteiger partial charge in [0.25, 0.3) is 0 Å². The Hall–Kier alpha value is -1.31. The quantitative estimate of drug-likeness (QED) is 0.613. The van der Waals surface area contributed by atoms with Crippen LogP contribution in [0.3, 0.4) is 0 Å². The van der Waals surface area contributed by atoms with Gasteiger partial charge in [0.1, 0.15) is 0 Å². The van der Waals surface area contributed by atoms with Crippen LogP contribution in [0.15, 0.2) is 24.3 Å². The number of nitrogens with zero attached hydrogens (tertiary/aromatic N) is 1. The molecule has 0 saturated heterocycles. The van der Waals surface area contributed by atoms with E-state index in [4.69, 9.17) is 0 Å². The molecule has 0 aromatic heterocycles. The van der Waals surface area contributed by atoms with Gasteiger partial charge in [0.15, 0.2) is 0 Å². The Morgan fingerprint density at radius 3 is 2.71 bits per heavy atom. The maximum Gasteiger partial charge on any atom is 0.226 e. The molecule has 0 spiro atoms. The molecule has 1 aromatic rings. The smallest absolute Gasteiger partial charge is 0.226 e. The van der Waals surface area contributed by atoms with Crippen LogP contribution in [0.2, 0.25) is 0 Å². The second-order valence-electron chi connectivity index (χ2n) is 3.79. The fourth-order valence-corrected chi connectivity index (χ4v) is 1.94. The number of carbonyl (C=O) groups excluding carboxylic acids is 1. The molecule has 0 bridgehead atoms. The van der Waals surface area contributed by atoms with Gasteiger partial charge in [-0.2, -0.15) is 0 Å². The van der Waals surface area contributed by atoms with Crippen molar-refractivity contribution in [2.24, 2.45) is 0 Å². The molecule has 0 unspecified atom stereocenters. The Bertz CT molecular complexity index is 346. The zero-order valence-electron chi connectivity index (χ0n) is 8.49. The van der Waals surface area contributed by atoms with Gasteiger partial charge in [-0.3, -0.25) is 4.79 Å². The monoisotopic (exact) mass is 189 g/mol. The van der Waals surface area contributed by atoms with Crippen molar-refractivity contribution in [2.45, 2.75) is 25.7 Å². The van der Waals surface area contributed by atoms with Crippen molar-refractivity contribution in [2.75, 3.05) is 11.9 Å². The summed E-state index contributed by atoms with van der Waals surface area (Å²) in [4.78, 5) is 13.4. The summed E-state index contributed by atoms with van der Waals surface area (Å²) in [5, 5.41) is 0. The summed E-state index contributed by atoms with van der Waals surface area (Å²) >= 11 is 0. The SMILES string of the molecule is CN1C(=O)CCCCc2ccccc21. The Morgan fingerprint density at radius 2 is 1.86 bits per heavy atom. The van der Waals surface area contributed by atoms with Crippen LogP contribution in [0.1, 0.15) is 24.8 Å². The molecule has 2 heteroatoms. The Balaban J connectivity index is 2.40. The first-order valence-electron chi connectivity index (χ1n) is 5.13. The highest BCUT2D eigenvalue weighted by molar-refractivity contribution is 5.93. The second-order valence-corrected chi connectivity index (χ2v) is 3.79. The summed E-state index contributed by atoms with van der Waals surface area (Å²) < 4.78 is 0. The number of rotatable bonds is 0. The van der Waals surface area contributed by atoms with Gasteiger partial charge in [-0.1, -0.05) is 18.2 Å². The lowest BCUT2D eigenvalue weighted by atomic mass is 10.0. The molecule has 1 amide bonds. The van der Waals surface area contributed by atoms with Crippen LogP contribution < -0.4 is 4.90 Å². The molecule has 1 aliphatic heterocycles. The third kappa shape index (κ3) is 1.65. The maximum atomic E-state index is 11.7. The first-order chi connectivity index (χ1) is 6.79. The second kappa shape index (κ2) is 3.82. The lowest BCUT2D eigenvalue weighted by Crippen LogP contribution is -2.28. The van der Waals surface area contributed by atoms with Crippen molar-refractivity contribution in [3.05, 3.63) is 29.8 Å². The van der Waals surface area contributed by atoms with E-state index in [1.807, 2.05) is 25.2 Å². The predicted octanol–water partition coefficient (Wildman–Crippen LogP) is 2.38. The molecule has 0 aliphatic carbocycles. The molecule has 0 saturated carbocycles. The molecule has 14 heavy (non-hydrogen) atoms. The highest BCUT2D eigenvalue weighted by Crippen LogP contribution is 2.24. The van der Waals surface area contributed by atoms with E-state index < -0.39 is 0 Å². The van der Waals surface area contributed by atoms with Gasteiger partial charge < -0.3 is 4.90 Å². The molecule has 0 radical (unpaired) electrons. The minimum Gasteiger partial charge on any atom is -0.315 e. The summed E-state index contributed by atoms with van der Waals surface area (Å²) in [7, 11) is 1.87. The number of hydrogen-bond donors (Lipinski definition) is 0. The van der Waals surface area contributed by atoms with Crippen LogP contribution in [0.4, 0.5) is 5.69 Å². The first-order valence-corrected chi connectivity index (χ1v) is 5.13. The highest BCUT2D eigenvalue weighted by atomic mass is 16.2. The average molecular weight is 189 g/mol. The normalized spacial score (nSPS) is 17.2. The third-order valence-corrected chi connectivity index (χ3v) is 2.81. The summed E-state index contributed by atoms with van der Waals surface area (Å²) in [5.41, 5.74) is 2.38. The lowest BCUT2D eigenvalue weighted by molar-refractivity contribution is -0.118. The maximum absolute atomic E-state index is 11.7. The van der Waals surface area contributed by atoms with Crippen molar-refractivity contribution in [3.8, 4) is 0 Å². The third-order valence-electron chi connectivity index (χ3n) is 2.81. The van der Waals surface area contributed by atoms with Crippen LogP contribution >= 0.6 is 0 Å². The molecule has 0 fully saturated rings. The summed E-state index contributed by atoms with van der Waals surface area (Å²) in [6.07, 6.45) is 3.91. The van der Waals surface area contributed by atoms with Crippen LogP contribution in [-0.4, -0.2) is 13.0 Å². The van der Waals surface area contributed by atoms with Crippen molar-refractivity contribution in [1.82, 2.24) is 0 Å². The molecule has 74 valence electrons. The van der Waals surface area contributed by atoms with Crippen molar-refractivity contribution in [3.63, 3.8) is 0 Å². The number of para-hydroxylation sites is 1. The molecule has 1 aliphatic rings. The van der Waals surface area contributed by atoms with Gasteiger partial charge in [-0.25, -0.2) is 0 Å². The highest BCUT2D eigenvalue weighted by Gasteiger charge is 2.16. The van der Waals surface area contributed by atoms with E-state index in [-0.39, 0.29) is 5.91 Å². The number of amides is 1. The van der Waals surface area contributed by atoms with Gasteiger partial charge >= 0.3 is 0 Å². The molecule has 0 atom stereocenters. The average Bonchev–Trinajstić information content (AvgIpc) is 2.22. The molecule has 1 heterocycles. The van der Waals surface area contributed by atoms with Gasteiger partial charge in [0.05, 0.1) is 0 Å². The number of fused-ring (bicyclic) bond motifs is 1. The molecule has 2 rings (SSSR count). The Kier molecular flexibility index (Phi) is 2.53. The van der Waals surface area contributed by atoms with Gasteiger partial charge in [0, 0.05) is 19.2 Å². The standard InChI is InChI=1S/C12H15NO/c1-13-11-8-4-2-6-10(11)7-3-5-9-12(13)14/h2,4,6,8H,3,5,7,9H2,1H3. The minimum absolute atomic E-state index is 0.233. The van der Waals surface area contributed by atoms with Crippen LogP contribution in [-0.2, 0) is 11.2 Å². The zero-order valence-corrected chi connectivity index (χ0v) is 8.49. The fraction of sp³-hybridized carbons (Fsp3) is 0.417. The van der Waals surface area contributed by atoms with Gasteiger partial charge in [-0.15, -0.1) is 0 Å². The molecular formula is C12H15NO. The van der Waals surface area contributed by atoms with Crippen LogP contribution in [0.25, 0.3) is 0 Å². The summed E-state index contributed by atoms with van der Waals surface area (Å²) in [5.74, 6) is 0.233. The molecular weight excluding hydrogens is 174 g/mol. The van der Waals surface area contributed by atoms with Crippen LogP contribution in [0.5, 0.6) is 0 Å².